The summed E-state index contributed by atoms with van der Waals surface area (Å²) in [5.74, 6) is -0.267. The molecule has 0 amide bonds. The molecule has 0 aliphatic rings. The van der Waals surface area contributed by atoms with Gasteiger partial charge in [0.25, 0.3) is 0 Å². The molecule has 1 aromatic heterocycles. The average molecular weight is 372 g/mol. The molecule has 3 aromatic rings. The number of aromatic nitrogens is 2. The van der Waals surface area contributed by atoms with Gasteiger partial charge < -0.3 is 9.30 Å². The van der Waals surface area contributed by atoms with Crippen molar-refractivity contribution in [3.63, 3.8) is 0 Å². The number of carbonyl (C=O) groups excluding carboxylic acids is 1. The first-order valence-electron chi connectivity index (χ1n) is 9.16. The maximum atomic E-state index is 12.2. The first-order chi connectivity index (χ1) is 13.6. The molecule has 140 valence electrons. The zero-order chi connectivity index (χ0) is 19.9. The number of aryl methyl sites for hydroxylation is 1. The molecular weight excluding hydrogens is 352 g/mol. The molecule has 0 saturated carbocycles. The van der Waals surface area contributed by atoms with E-state index >= 15 is 0 Å². The molecule has 3 rings (SSSR count). The minimum Gasteiger partial charge on any atom is -0.466 e. The Hall–Kier alpha value is -3.64. The van der Waals surface area contributed by atoms with Crippen LogP contribution in [0, 0.1) is 22.7 Å². The second kappa shape index (κ2) is 8.83. The number of hydrogen-bond donors (Lipinski definition) is 0. The summed E-state index contributed by atoms with van der Waals surface area (Å²) in [6.07, 6.45) is 3.31. The molecule has 0 N–H and O–H groups in total. The molecule has 1 unspecified atom stereocenters. The van der Waals surface area contributed by atoms with Gasteiger partial charge in [0.15, 0.2) is 0 Å². The van der Waals surface area contributed by atoms with Crippen molar-refractivity contribution in [2.75, 3.05) is 6.61 Å². The topological polar surface area (TPSA) is 91.7 Å². The van der Waals surface area contributed by atoms with E-state index in [1.807, 2.05) is 28.8 Å². The lowest BCUT2D eigenvalue weighted by Gasteiger charge is -2.19. The van der Waals surface area contributed by atoms with Crippen molar-refractivity contribution in [1.82, 2.24) is 9.55 Å². The van der Waals surface area contributed by atoms with E-state index in [1.54, 1.807) is 31.5 Å². The van der Waals surface area contributed by atoms with Crippen LogP contribution in [0.25, 0.3) is 11.0 Å². The van der Waals surface area contributed by atoms with E-state index in [2.05, 4.69) is 17.1 Å². The number of imidazole rings is 1. The minimum atomic E-state index is -0.267. The van der Waals surface area contributed by atoms with Crippen LogP contribution in [0.15, 0.2) is 48.8 Å². The van der Waals surface area contributed by atoms with Crippen molar-refractivity contribution in [3.8, 4) is 12.1 Å². The lowest BCUT2D eigenvalue weighted by Crippen LogP contribution is -2.16. The largest absolute Gasteiger partial charge is 0.466 e. The first-order valence-corrected chi connectivity index (χ1v) is 9.16. The molecule has 1 heterocycles. The van der Waals surface area contributed by atoms with Crippen LogP contribution in [0.4, 0.5) is 0 Å². The van der Waals surface area contributed by atoms with Crippen LogP contribution in [0.2, 0.25) is 0 Å². The third-order valence-corrected chi connectivity index (χ3v) is 4.63. The SMILES string of the molecule is CCOC(=O)CC(CCc1cccc(C#N)c1)n1cnc2ccc(C#N)cc21. The van der Waals surface area contributed by atoms with Gasteiger partial charge in [-0.1, -0.05) is 12.1 Å². The Morgan fingerprint density at radius 1 is 1.18 bits per heavy atom. The molecule has 0 aliphatic carbocycles. The van der Waals surface area contributed by atoms with Gasteiger partial charge in [-0.15, -0.1) is 0 Å². The molecule has 0 saturated heterocycles. The van der Waals surface area contributed by atoms with Crippen LogP contribution in [-0.4, -0.2) is 22.1 Å². The third-order valence-electron chi connectivity index (χ3n) is 4.63. The predicted octanol–water partition coefficient (Wildman–Crippen LogP) is 3.91. The molecule has 6 nitrogen and oxygen atoms in total. The van der Waals surface area contributed by atoms with Gasteiger partial charge in [0.1, 0.15) is 0 Å². The van der Waals surface area contributed by atoms with Crippen LogP contribution < -0.4 is 0 Å². The highest BCUT2D eigenvalue weighted by atomic mass is 16.5. The number of nitriles is 2. The highest BCUT2D eigenvalue weighted by Crippen LogP contribution is 2.26. The summed E-state index contributed by atoms with van der Waals surface area (Å²) < 4.78 is 7.09. The zero-order valence-corrected chi connectivity index (χ0v) is 15.6. The van der Waals surface area contributed by atoms with E-state index in [4.69, 9.17) is 10.00 Å². The predicted molar refractivity (Wildman–Crippen MR) is 104 cm³/mol. The smallest absolute Gasteiger partial charge is 0.307 e. The fourth-order valence-electron chi connectivity index (χ4n) is 3.27. The molecule has 1 atom stereocenters. The van der Waals surface area contributed by atoms with Crippen molar-refractivity contribution in [3.05, 3.63) is 65.5 Å². The molecule has 6 heteroatoms. The summed E-state index contributed by atoms with van der Waals surface area (Å²) >= 11 is 0. The summed E-state index contributed by atoms with van der Waals surface area (Å²) in [6.45, 7) is 2.12. The summed E-state index contributed by atoms with van der Waals surface area (Å²) in [6, 6.07) is 16.9. The molecule has 0 aliphatic heterocycles. The van der Waals surface area contributed by atoms with Gasteiger partial charge >= 0.3 is 5.97 Å². The molecule has 0 fully saturated rings. The van der Waals surface area contributed by atoms with Gasteiger partial charge in [-0.3, -0.25) is 4.79 Å². The third kappa shape index (κ3) is 4.36. The monoisotopic (exact) mass is 372 g/mol. The molecular formula is C22H20N4O2. The van der Waals surface area contributed by atoms with Gasteiger partial charge in [-0.2, -0.15) is 10.5 Å². The Morgan fingerprint density at radius 2 is 1.96 bits per heavy atom. The molecule has 2 aromatic carbocycles. The second-order valence-corrected chi connectivity index (χ2v) is 6.48. The van der Waals surface area contributed by atoms with Crippen molar-refractivity contribution in [2.24, 2.45) is 0 Å². The Labute approximate surface area is 163 Å². The first kappa shape index (κ1) is 19.1. The van der Waals surface area contributed by atoms with Crippen LogP contribution in [0.5, 0.6) is 0 Å². The number of ether oxygens (including phenoxy) is 1. The maximum absolute atomic E-state index is 12.2. The second-order valence-electron chi connectivity index (χ2n) is 6.48. The Morgan fingerprint density at radius 3 is 2.71 bits per heavy atom. The summed E-state index contributed by atoms with van der Waals surface area (Å²) in [7, 11) is 0. The number of rotatable bonds is 7. The minimum absolute atomic E-state index is 0.163. The van der Waals surface area contributed by atoms with Crippen molar-refractivity contribution in [2.45, 2.75) is 32.2 Å². The number of nitrogens with zero attached hydrogens (tertiary/aromatic N) is 4. The van der Waals surface area contributed by atoms with Gasteiger partial charge in [0.05, 0.1) is 53.7 Å². The van der Waals surface area contributed by atoms with Crippen LogP contribution >= 0.6 is 0 Å². The van der Waals surface area contributed by atoms with E-state index in [0.29, 0.717) is 30.6 Å². The number of fused-ring (bicyclic) bond motifs is 1. The number of hydrogen-bond acceptors (Lipinski definition) is 5. The number of benzene rings is 2. The van der Waals surface area contributed by atoms with Crippen LogP contribution in [0.3, 0.4) is 0 Å². The summed E-state index contributed by atoms with van der Waals surface area (Å²) in [4.78, 5) is 16.6. The van der Waals surface area contributed by atoms with Gasteiger partial charge in [-0.25, -0.2) is 4.98 Å². The maximum Gasteiger partial charge on any atom is 0.307 e. The quantitative estimate of drug-likeness (QED) is 0.586. The van der Waals surface area contributed by atoms with Crippen molar-refractivity contribution < 1.29 is 9.53 Å². The Bertz CT molecular complexity index is 1070. The summed E-state index contributed by atoms with van der Waals surface area (Å²) in [5, 5.41) is 18.3. The Balaban J connectivity index is 1.89. The van der Waals surface area contributed by atoms with E-state index in [0.717, 1.165) is 16.6 Å². The zero-order valence-electron chi connectivity index (χ0n) is 15.6. The standard InChI is InChI=1S/C22H20N4O2/c1-2-28-22(27)12-19(8-6-16-4-3-5-17(10-16)13-23)26-15-25-20-9-7-18(14-24)11-21(20)26/h3-5,7,9-11,15,19H,2,6,8,12H2,1H3. The summed E-state index contributed by atoms with van der Waals surface area (Å²) in [5.41, 5.74) is 3.80. The number of esters is 1. The highest BCUT2D eigenvalue weighted by Gasteiger charge is 2.19. The van der Waals surface area contributed by atoms with E-state index in [-0.39, 0.29) is 18.4 Å². The molecule has 0 radical (unpaired) electrons. The molecule has 0 spiro atoms. The normalized spacial score (nSPS) is 11.5. The van der Waals surface area contributed by atoms with E-state index < -0.39 is 0 Å². The van der Waals surface area contributed by atoms with E-state index in [1.165, 1.54) is 0 Å². The van der Waals surface area contributed by atoms with Gasteiger partial charge in [0.2, 0.25) is 0 Å². The number of carbonyl (C=O) groups is 1. The van der Waals surface area contributed by atoms with Crippen LogP contribution in [0.1, 0.15) is 42.5 Å². The van der Waals surface area contributed by atoms with Crippen LogP contribution in [-0.2, 0) is 16.0 Å². The average Bonchev–Trinajstić information content (AvgIpc) is 3.14. The lowest BCUT2D eigenvalue weighted by molar-refractivity contribution is -0.144. The lowest BCUT2D eigenvalue weighted by atomic mass is 10.0. The van der Waals surface area contributed by atoms with Crippen molar-refractivity contribution >= 4 is 17.0 Å². The molecule has 28 heavy (non-hydrogen) atoms. The fraction of sp³-hybridized carbons (Fsp3) is 0.273. The van der Waals surface area contributed by atoms with Gasteiger partial charge in [-0.05, 0) is 55.7 Å². The highest BCUT2D eigenvalue weighted by molar-refractivity contribution is 5.77. The fourth-order valence-corrected chi connectivity index (χ4v) is 3.27. The van der Waals surface area contributed by atoms with E-state index in [9.17, 15) is 10.1 Å². The van der Waals surface area contributed by atoms with Crippen molar-refractivity contribution in [1.29, 1.82) is 10.5 Å². The molecule has 0 bridgehead atoms. The Kier molecular flexibility index (Phi) is 6.04. The van der Waals surface area contributed by atoms with Gasteiger partial charge in [0, 0.05) is 6.04 Å².